The van der Waals surface area contributed by atoms with Crippen molar-refractivity contribution in [2.24, 2.45) is 5.84 Å². The van der Waals surface area contributed by atoms with Gasteiger partial charge in [0.25, 0.3) is 0 Å². The fraction of sp³-hybridized carbons (Fsp3) is 0.545. The van der Waals surface area contributed by atoms with E-state index in [4.69, 9.17) is 5.84 Å². The zero-order valence-corrected chi connectivity index (χ0v) is 12.4. The fourth-order valence-electron chi connectivity index (χ4n) is 1.92. The molecule has 0 aromatic carbocycles. The van der Waals surface area contributed by atoms with Gasteiger partial charge in [-0.2, -0.15) is 16.1 Å². The molecule has 106 valence electrons. The molecule has 8 heteroatoms. The number of anilines is 1. The smallest absolute Gasteiger partial charge is 0.244 e. The minimum Gasteiger partial charge on any atom is -0.308 e. The van der Waals surface area contributed by atoms with E-state index in [9.17, 15) is 8.42 Å². The molecular weight excluding hydrogens is 284 g/mol. The van der Waals surface area contributed by atoms with Gasteiger partial charge in [0.2, 0.25) is 10.0 Å². The standard InChI is InChI=1S/C11H18N4O2S2/c1-2-9-8-15(5-6-18-9)19(16,17)10-3-4-11(14-12)13-7-10/h3-4,7,9H,2,5-6,8,12H2,1H3,(H,13,14). The number of hydrazine groups is 1. The van der Waals surface area contributed by atoms with Crippen LogP contribution in [0.1, 0.15) is 13.3 Å². The van der Waals surface area contributed by atoms with Gasteiger partial charge in [-0.05, 0) is 18.6 Å². The highest BCUT2D eigenvalue weighted by Crippen LogP contribution is 2.26. The third-order valence-corrected chi connectivity index (χ3v) is 6.30. The Hall–Kier alpha value is -0.830. The lowest BCUT2D eigenvalue weighted by atomic mass is 10.3. The lowest BCUT2D eigenvalue weighted by molar-refractivity contribution is 0.416. The highest BCUT2D eigenvalue weighted by molar-refractivity contribution is 8.00. The first-order chi connectivity index (χ1) is 9.07. The van der Waals surface area contributed by atoms with Crippen molar-refractivity contribution in [3.8, 4) is 0 Å². The Morgan fingerprint density at radius 1 is 1.58 bits per heavy atom. The summed E-state index contributed by atoms with van der Waals surface area (Å²) in [5, 5.41) is 0.376. The van der Waals surface area contributed by atoms with Crippen molar-refractivity contribution in [2.45, 2.75) is 23.5 Å². The van der Waals surface area contributed by atoms with Crippen molar-refractivity contribution in [2.75, 3.05) is 24.3 Å². The Bertz CT molecular complexity index is 518. The normalized spacial score (nSPS) is 21.3. The number of pyridine rings is 1. The molecule has 1 fully saturated rings. The summed E-state index contributed by atoms with van der Waals surface area (Å²) in [6.45, 7) is 3.21. The van der Waals surface area contributed by atoms with Crippen molar-refractivity contribution < 1.29 is 8.42 Å². The Labute approximate surface area is 117 Å². The second kappa shape index (κ2) is 6.08. The number of thioether (sulfide) groups is 1. The van der Waals surface area contributed by atoms with Gasteiger partial charge in [-0.3, -0.25) is 0 Å². The van der Waals surface area contributed by atoms with E-state index in [0.717, 1.165) is 12.2 Å². The molecule has 2 rings (SSSR count). The van der Waals surface area contributed by atoms with Crippen LogP contribution < -0.4 is 11.3 Å². The first kappa shape index (κ1) is 14.6. The molecule has 1 atom stereocenters. The van der Waals surface area contributed by atoms with Gasteiger partial charge in [-0.15, -0.1) is 0 Å². The van der Waals surface area contributed by atoms with Gasteiger partial charge in [-0.1, -0.05) is 6.92 Å². The highest BCUT2D eigenvalue weighted by Gasteiger charge is 2.30. The molecule has 1 aromatic rings. The molecule has 19 heavy (non-hydrogen) atoms. The van der Waals surface area contributed by atoms with E-state index in [0.29, 0.717) is 24.2 Å². The molecule has 1 aromatic heterocycles. The van der Waals surface area contributed by atoms with Crippen LogP contribution in [-0.4, -0.2) is 41.8 Å². The van der Waals surface area contributed by atoms with Crippen LogP contribution >= 0.6 is 11.8 Å². The van der Waals surface area contributed by atoms with Gasteiger partial charge in [0.15, 0.2) is 0 Å². The van der Waals surface area contributed by atoms with Crippen LogP contribution in [0.25, 0.3) is 0 Å². The zero-order chi connectivity index (χ0) is 13.9. The fourth-order valence-corrected chi connectivity index (χ4v) is 4.75. The Morgan fingerprint density at radius 2 is 2.37 bits per heavy atom. The molecule has 6 nitrogen and oxygen atoms in total. The number of nitrogen functional groups attached to an aromatic ring is 1. The molecule has 0 bridgehead atoms. The maximum absolute atomic E-state index is 12.5. The average molecular weight is 302 g/mol. The van der Waals surface area contributed by atoms with E-state index >= 15 is 0 Å². The van der Waals surface area contributed by atoms with Crippen LogP contribution in [0.2, 0.25) is 0 Å². The predicted octanol–water partition coefficient (Wildman–Crippen LogP) is 0.883. The lowest BCUT2D eigenvalue weighted by Crippen LogP contribution is -2.41. The van der Waals surface area contributed by atoms with E-state index < -0.39 is 10.0 Å². The number of sulfonamides is 1. The first-order valence-electron chi connectivity index (χ1n) is 6.12. The summed E-state index contributed by atoms with van der Waals surface area (Å²) in [5.41, 5.74) is 2.38. The van der Waals surface area contributed by atoms with Gasteiger partial charge >= 0.3 is 0 Å². The molecule has 0 saturated carbocycles. The van der Waals surface area contributed by atoms with Crippen LogP contribution in [0.15, 0.2) is 23.2 Å². The van der Waals surface area contributed by atoms with Crippen LogP contribution in [0, 0.1) is 0 Å². The summed E-state index contributed by atoms with van der Waals surface area (Å²) in [6, 6.07) is 3.09. The number of nitrogens with zero attached hydrogens (tertiary/aromatic N) is 2. The van der Waals surface area contributed by atoms with E-state index in [2.05, 4.69) is 17.3 Å². The van der Waals surface area contributed by atoms with Gasteiger partial charge in [-0.25, -0.2) is 19.2 Å². The summed E-state index contributed by atoms with van der Waals surface area (Å²) in [6.07, 6.45) is 2.32. The number of rotatable bonds is 4. The predicted molar refractivity (Wildman–Crippen MR) is 77.3 cm³/mol. The quantitative estimate of drug-likeness (QED) is 0.634. The maximum Gasteiger partial charge on any atom is 0.244 e. The number of nitrogens with one attached hydrogen (secondary N) is 1. The second-order valence-corrected chi connectivity index (χ2v) is 7.63. The third-order valence-electron chi connectivity index (χ3n) is 3.08. The Morgan fingerprint density at radius 3 is 2.95 bits per heavy atom. The second-order valence-electron chi connectivity index (χ2n) is 4.29. The van der Waals surface area contributed by atoms with Gasteiger partial charge in [0.05, 0.1) is 0 Å². The van der Waals surface area contributed by atoms with E-state index in [1.54, 1.807) is 10.4 Å². The molecule has 2 heterocycles. The molecule has 0 spiro atoms. The van der Waals surface area contributed by atoms with Crippen LogP contribution in [0.4, 0.5) is 5.82 Å². The molecule has 0 amide bonds. The van der Waals surface area contributed by atoms with E-state index in [-0.39, 0.29) is 4.90 Å². The molecule has 1 aliphatic rings. The van der Waals surface area contributed by atoms with Gasteiger partial charge < -0.3 is 5.43 Å². The average Bonchev–Trinajstić information content (AvgIpc) is 2.47. The van der Waals surface area contributed by atoms with Crippen LogP contribution in [0.3, 0.4) is 0 Å². The Balaban J connectivity index is 2.20. The van der Waals surface area contributed by atoms with Crippen LogP contribution in [-0.2, 0) is 10.0 Å². The molecule has 0 radical (unpaired) electrons. The molecular formula is C11H18N4O2S2. The monoisotopic (exact) mass is 302 g/mol. The molecule has 0 aliphatic carbocycles. The summed E-state index contributed by atoms with van der Waals surface area (Å²) < 4.78 is 26.5. The summed E-state index contributed by atoms with van der Waals surface area (Å²) in [4.78, 5) is 4.17. The third kappa shape index (κ3) is 3.19. The van der Waals surface area contributed by atoms with Crippen molar-refractivity contribution in [1.82, 2.24) is 9.29 Å². The minimum absolute atomic E-state index is 0.216. The minimum atomic E-state index is -3.44. The number of hydrogen-bond donors (Lipinski definition) is 2. The largest absolute Gasteiger partial charge is 0.308 e. The van der Waals surface area contributed by atoms with Crippen molar-refractivity contribution in [3.63, 3.8) is 0 Å². The molecule has 3 N–H and O–H groups in total. The topological polar surface area (TPSA) is 88.3 Å². The van der Waals surface area contributed by atoms with Crippen molar-refractivity contribution >= 4 is 27.6 Å². The zero-order valence-electron chi connectivity index (χ0n) is 10.7. The lowest BCUT2D eigenvalue weighted by Gasteiger charge is -2.30. The highest BCUT2D eigenvalue weighted by atomic mass is 32.2. The summed E-state index contributed by atoms with van der Waals surface area (Å²) >= 11 is 1.84. The van der Waals surface area contributed by atoms with Crippen molar-refractivity contribution in [1.29, 1.82) is 0 Å². The maximum atomic E-state index is 12.5. The van der Waals surface area contributed by atoms with E-state index in [1.165, 1.54) is 12.3 Å². The van der Waals surface area contributed by atoms with E-state index in [1.807, 2.05) is 11.8 Å². The van der Waals surface area contributed by atoms with Gasteiger partial charge in [0.1, 0.15) is 10.7 Å². The Kier molecular flexibility index (Phi) is 4.67. The number of hydrogen-bond acceptors (Lipinski definition) is 6. The molecule has 1 aliphatic heterocycles. The number of aromatic nitrogens is 1. The summed E-state index contributed by atoms with van der Waals surface area (Å²) in [7, 11) is -3.44. The SMILES string of the molecule is CCC1CN(S(=O)(=O)c2ccc(NN)nc2)CCS1. The molecule has 1 unspecified atom stereocenters. The number of nitrogens with two attached hydrogens (primary N) is 1. The first-order valence-corrected chi connectivity index (χ1v) is 8.61. The van der Waals surface area contributed by atoms with Crippen molar-refractivity contribution in [3.05, 3.63) is 18.3 Å². The van der Waals surface area contributed by atoms with Gasteiger partial charge in [0, 0.05) is 30.3 Å². The summed E-state index contributed by atoms with van der Waals surface area (Å²) in [5.74, 6) is 6.50. The van der Waals surface area contributed by atoms with Crippen LogP contribution in [0.5, 0.6) is 0 Å². The molecule has 1 saturated heterocycles.